The summed E-state index contributed by atoms with van der Waals surface area (Å²) in [6.07, 6.45) is 1.69. The zero-order valence-electron chi connectivity index (χ0n) is 8.13. The average molecular weight is 213 g/mol. The molecule has 0 spiro atoms. The second-order valence-corrected chi connectivity index (χ2v) is 2.99. The normalized spacial score (nSPS) is 9.57. The van der Waals surface area contributed by atoms with Crippen molar-refractivity contribution < 1.29 is 9.47 Å². The van der Waals surface area contributed by atoms with Crippen LogP contribution in [0.15, 0.2) is 30.9 Å². The number of halogens is 1. The summed E-state index contributed by atoms with van der Waals surface area (Å²) in [7, 11) is 1.61. The maximum absolute atomic E-state index is 5.71. The lowest BCUT2D eigenvalue weighted by Crippen LogP contribution is -1.96. The minimum Gasteiger partial charge on any atom is -0.493 e. The van der Waals surface area contributed by atoms with Crippen LogP contribution < -0.4 is 9.47 Å². The van der Waals surface area contributed by atoms with E-state index in [4.69, 9.17) is 21.1 Å². The Bertz CT molecular complexity index is 310. The van der Waals surface area contributed by atoms with E-state index in [-0.39, 0.29) is 0 Å². The minimum atomic E-state index is 0.460. The SMILES string of the molecule is C=CCOc1cc(CCl)ccc1OC. The van der Waals surface area contributed by atoms with Crippen LogP contribution in [0.4, 0.5) is 0 Å². The molecule has 0 N–H and O–H groups in total. The number of ether oxygens (including phenoxy) is 2. The number of alkyl halides is 1. The third-order valence-corrected chi connectivity index (χ3v) is 2.05. The molecular formula is C11H13ClO2. The molecule has 0 heterocycles. The molecule has 0 saturated heterocycles. The maximum atomic E-state index is 5.71. The quantitative estimate of drug-likeness (QED) is 0.552. The number of rotatable bonds is 5. The van der Waals surface area contributed by atoms with Crippen molar-refractivity contribution in [2.45, 2.75) is 5.88 Å². The fourth-order valence-corrected chi connectivity index (χ4v) is 1.23. The van der Waals surface area contributed by atoms with Gasteiger partial charge in [-0.05, 0) is 17.7 Å². The fraction of sp³-hybridized carbons (Fsp3) is 0.273. The fourth-order valence-electron chi connectivity index (χ4n) is 1.07. The second kappa shape index (κ2) is 5.55. The van der Waals surface area contributed by atoms with Gasteiger partial charge in [-0.3, -0.25) is 0 Å². The third kappa shape index (κ3) is 2.67. The predicted octanol–water partition coefficient (Wildman–Crippen LogP) is 3.00. The van der Waals surface area contributed by atoms with Gasteiger partial charge in [0, 0.05) is 5.88 Å². The van der Waals surface area contributed by atoms with Gasteiger partial charge in [0.15, 0.2) is 11.5 Å². The van der Waals surface area contributed by atoms with Gasteiger partial charge in [0.2, 0.25) is 0 Å². The van der Waals surface area contributed by atoms with Crippen molar-refractivity contribution in [1.29, 1.82) is 0 Å². The summed E-state index contributed by atoms with van der Waals surface area (Å²) in [6.45, 7) is 4.04. The monoisotopic (exact) mass is 212 g/mol. The van der Waals surface area contributed by atoms with Gasteiger partial charge in [0.25, 0.3) is 0 Å². The van der Waals surface area contributed by atoms with Gasteiger partial charge >= 0.3 is 0 Å². The smallest absolute Gasteiger partial charge is 0.161 e. The van der Waals surface area contributed by atoms with Gasteiger partial charge in [0.05, 0.1) is 7.11 Å². The summed E-state index contributed by atoms with van der Waals surface area (Å²) in [5.74, 6) is 1.88. The average Bonchev–Trinajstić information content (AvgIpc) is 2.25. The molecule has 0 radical (unpaired) electrons. The first kappa shape index (κ1) is 10.9. The lowest BCUT2D eigenvalue weighted by atomic mass is 10.2. The van der Waals surface area contributed by atoms with E-state index >= 15 is 0 Å². The summed E-state index contributed by atoms with van der Waals surface area (Å²) >= 11 is 5.71. The predicted molar refractivity (Wildman–Crippen MR) is 58.2 cm³/mol. The summed E-state index contributed by atoms with van der Waals surface area (Å²) in [5.41, 5.74) is 1.01. The van der Waals surface area contributed by atoms with Gasteiger partial charge in [0.1, 0.15) is 6.61 Å². The molecule has 76 valence electrons. The van der Waals surface area contributed by atoms with Crippen LogP contribution >= 0.6 is 11.6 Å². The Morgan fingerprint density at radius 2 is 2.21 bits per heavy atom. The van der Waals surface area contributed by atoms with Crippen LogP contribution in [0, 0.1) is 0 Å². The van der Waals surface area contributed by atoms with Crippen molar-refractivity contribution >= 4 is 11.6 Å². The summed E-state index contributed by atoms with van der Waals surface area (Å²) in [6, 6.07) is 5.62. The van der Waals surface area contributed by atoms with Crippen LogP contribution in [-0.4, -0.2) is 13.7 Å². The van der Waals surface area contributed by atoms with Crippen molar-refractivity contribution in [1.82, 2.24) is 0 Å². The van der Waals surface area contributed by atoms with E-state index in [1.165, 1.54) is 0 Å². The standard InChI is InChI=1S/C11H13ClO2/c1-3-6-14-11-7-9(8-12)4-5-10(11)13-2/h3-5,7H,1,6,8H2,2H3. The zero-order valence-corrected chi connectivity index (χ0v) is 8.88. The number of hydrogen-bond donors (Lipinski definition) is 0. The Hall–Kier alpha value is -1.15. The molecule has 0 unspecified atom stereocenters. The summed E-state index contributed by atoms with van der Waals surface area (Å²) in [4.78, 5) is 0. The summed E-state index contributed by atoms with van der Waals surface area (Å²) in [5, 5.41) is 0. The van der Waals surface area contributed by atoms with Crippen molar-refractivity contribution in [3.05, 3.63) is 36.4 Å². The van der Waals surface area contributed by atoms with Crippen LogP contribution in [-0.2, 0) is 5.88 Å². The van der Waals surface area contributed by atoms with E-state index < -0.39 is 0 Å². The molecule has 0 aliphatic heterocycles. The molecule has 3 heteroatoms. The molecule has 0 aromatic heterocycles. The van der Waals surface area contributed by atoms with Crippen LogP contribution in [0.5, 0.6) is 11.5 Å². The van der Waals surface area contributed by atoms with Crippen LogP contribution in [0.2, 0.25) is 0 Å². The van der Waals surface area contributed by atoms with Gasteiger partial charge in [-0.2, -0.15) is 0 Å². The Labute approximate surface area is 89.1 Å². The number of benzene rings is 1. The van der Waals surface area contributed by atoms with E-state index in [2.05, 4.69) is 6.58 Å². The zero-order chi connectivity index (χ0) is 10.4. The highest BCUT2D eigenvalue weighted by molar-refractivity contribution is 6.17. The lowest BCUT2D eigenvalue weighted by Gasteiger charge is -2.09. The third-order valence-electron chi connectivity index (χ3n) is 1.74. The number of methoxy groups -OCH3 is 1. The number of hydrogen-bond acceptors (Lipinski definition) is 2. The highest BCUT2D eigenvalue weighted by Gasteiger charge is 2.04. The van der Waals surface area contributed by atoms with E-state index in [9.17, 15) is 0 Å². The molecule has 0 aliphatic carbocycles. The molecule has 1 aromatic carbocycles. The Balaban J connectivity index is 2.89. The first-order chi connectivity index (χ1) is 6.81. The molecule has 0 fully saturated rings. The van der Waals surface area contributed by atoms with Crippen molar-refractivity contribution in [2.75, 3.05) is 13.7 Å². The first-order valence-corrected chi connectivity index (χ1v) is 4.82. The van der Waals surface area contributed by atoms with Gasteiger partial charge in [-0.25, -0.2) is 0 Å². The molecule has 2 nitrogen and oxygen atoms in total. The first-order valence-electron chi connectivity index (χ1n) is 4.28. The van der Waals surface area contributed by atoms with Crippen LogP contribution in [0.1, 0.15) is 5.56 Å². The van der Waals surface area contributed by atoms with Crippen molar-refractivity contribution in [3.8, 4) is 11.5 Å². The highest BCUT2D eigenvalue weighted by atomic mass is 35.5. The molecule has 0 amide bonds. The van der Waals surface area contributed by atoms with E-state index in [0.717, 1.165) is 5.56 Å². The van der Waals surface area contributed by atoms with Gasteiger partial charge in [-0.1, -0.05) is 18.7 Å². The van der Waals surface area contributed by atoms with Crippen molar-refractivity contribution in [3.63, 3.8) is 0 Å². The molecule has 1 rings (SSSR count). The van der Waals surface area contributed by atoms with Gasteiger partial charge < -0.3 is 9.47 Å². The van der Waals surface area contributed by atoms with Crippen molar-refractivity contribution in [2.24, 2.45) is 0 Å². The minimum absolute atomic E-state index is 0.460. The van der Waals surface area contributed by atoms with Gasteiger partial charge in [-0.15, -0.1) is 11.6 Å². The summed E-state index contributed by atoms with van der Waals surface area (Å²) < 4.78 is 10.6. The van der Waals surface area contributed by atoms with Crippen LogP contribution in [0.25, 0.3) is 0 Å². The lowest BCUT2D eigenvalue weighted by molar-refractivity contribution is 0.326. The largest absolute Gasteiger partial charge is 0.493 e. The molecule has 1 aromatic rings. The highest BCUT2D eigenvalue weighted by Crippen LogP contribution is 2.28. The Kier molecular flexibility index (Phi) is 4.33. The maximum Gasteiger partial charge on any atom is 0.161 e. The van der Waals surface area contributed by atoms with E-state index in [1.807, 2.05) is 18.2 Å². The Morgan fingerprint density at radius 1 is 1.43 bits per heavy atom. The Morgan fingerprint density at radius 3 is 2.79 bits per heavy atom. The van der Waals surface area contributed by atoms with E-state index in [0.29, 0.717) is 24.0 Å². The van der Waals surface area contributed by atoms with E-state index in [1.54, 1.807) is 13.2 Å². The molecule has 0 atom stereocenters. The van der Waals surface area contributed by atoms with Crippen LogP contribution in [0.3, 0.4) is 0 Å². The molecule has 0 aliphatic rings. The molecular weight excluding hydrogens is 200 g/mol. The second-order valence-electron chi connectivity index (χ2n) is 2.72. The molecule has 14 heavy (non-hydrogen) atoms. The molecule has 0 saturated carbocycles. The molecule has 0 bridgehead atoms. The topological polar surface area (TPSA) is 18.5 Å².